The summed E-state index contributed by atoms with van der Waals surface area (Å²) >= 11 is 0. The van der Waals surface area contributed by atoms with E-state index in [0.29, 0.717) is 22.9 Å². The molecule has 0 aliphatic rings. The summed E-state index contributed by atoms with van der Waals surface area (Å²) < 4.78 is 42.2. The number of hydrogen-bond donors (Lipinski definition) is 2. The van der Waals surface area contributed by atoms with Crippen LogP contribution < -0.4 is 24.2 Å². The van der Waals surface area contributed by atoms with Crippen molar-refractivity contribution >= 4 is 21.6 Å². The Balaban J connectivity index is 1.93. The highest BCUT2D eigenvalue weighted by Gasteiger charge is 2.15. The number of amides is 1. The molecule has 2 aromatic rings. The lowest BCUT2D eigenvalue weighted by molar-refractivity contribution is -0.116. The van der Waals surface area contributed by atoms with Crippen molar-refractivity contribution in [3.05, 3.63) is 42.5 Å². The van der Waals surface area contributed by atoms with Gasteiger partial charge in [-0.25, -0.2) is 13.1 Å². The predicted molar refractivity (Wildman–Crippen MR) is 101 cm³/mol. The fourth-order valence-electron chi connectivity index (χ4n) is 2.26. The topological polar surface area (TPSA) is 103 Å². The lowest BCUT2D eigenvalue weighted by atomic mass is 10.2. The second kappa shape index (κ2) is 9.24. The lowest BCUT2D eigenvalue weighted by Crippen LogP contribution is -2.27. The van der Waals surface area contributed by atoms with Crippen molar-refractivity contribution in [2.24, 2.45) is 0 Å². The first-order valence-corrected chi connectivity index (χ1v) is 9.53. The number of rotatable bonds is 9. The molecule has 0 saturated carbocycles. The maximum atomic E-state index is 12.2. The first-order chi connectivity index (χ1) is 12.9. The Morgan fingerprint density at radius 2 is 1.56 bits per heavy atom. The first-order valence-electron chi connectivity index (χ1n) is 8.05. The highest BCUT2D eigenvalue weighted by molar-refractivity contribution is 7.89. The number of sulfonamides is 1. The van der Waals surface area contributed by atoms with E-state index >= 15 is 0 Å². The van der Waals surface area contributed by atoms with Crippen molar-refractivity contribution in [3.63, 3.8) is 0 Å². The molecule has 8 nitrogen and oxygen atoms in total. The normalized spacial score (nSPS) is 10.9. The zero-order valence-corrected chi connectivity index (χ0v) is 16.1. The summed E-state index contributed by atoms with van der Waals surface area (Å²) in [5.41, 5.74) is 0.444. The van der Waals surface area contributed by atoms with E-state index in [1.807, 2.05) is 0 Å². The Bertz CT molecular complexity index is 881. The molecule has 0 aliphatic heterocycles. The average Bonchev–Trinajstić information content (AvgIpc) is 2.67. The van der Waals surface area contributed by atoms with Crippen LogP contribution in [0, 0.1) is 0 Å². The minimum absolute atomic E-state index is 0.0459. The van der Waals surface area contributed by atoms with Crippen LogP contribution in [0.1, 0.15) is 6.42 Å². The van der Waals surface area contributed by atoms with Crippen LogP contribution in [0.3, 0.4) is 0 Å². The third-order valence-electron chi connectivity index (χ3n) is 3.69. The molecule has 0 bridgehead atoms. The Kier molecular flexibility index (Phi) is 7.03. The Morgan fingerprint density at radius 1 is 0.926 bits per heavy atom. The zero-order valence-electron chi connectivity index (χ0n) is 15.3. The van der Waals surface area contributed by atoms with Gasteiger partial charge in [0.25, 0.3) is 0 Å². The van der Waals surface area contributed by atoms with E-state index in [2.05, 4.69) is 10.0 Å². The van der Waals surface area contributed by atoms with Gasteiger partial charge in [-0.05, 0) is 36.4 Å². The van der Waals surface area contributed by atoms with Crippen molar-refractivity contribution < 1.29 is 27.4 Å². The molecule has 0 aliphatic carbocycles. The highest BCUT2D eigenvalue weighted by Crippen LogP contribution is 2.28. The van der Waals surface area contributed by atoms with Crippen LogP contribution in [0.5, 0.6) is 17.2 Å². The molecule has 0 aromatic heterocycles. The van der Waals surface area contributed by atoms with Crippen LogP contribution in [0.15, 0.2) is 47.4 Å². The number of hydrogen-bond acceptors (Lipinski definition) is 6. The molecule has 146 valence electrons. The number of benzene rings is 2. The van der Waals surface area contributed by atoms with Gasteiger partial charge >= 0.3 is 0 Å². The van der Waals surface area contributed by atoms with Gasteiger partial charge in [-0.15, -0.1) is 0 Å². The van der Waals surface area contributed by atoms with Crippen molar-refractivity contribution in [1.29, 1.82) is 0 Å². The maximum Gasteiger partial charge on any atom is 0.240 e. The standard InChI is InChI=1S/C18H22N2O6S/c1-24-13-4-7-15(8-5-13)27(22,23)19-11-10-18(21)20-16-12-14(25-2)6-9-17(16)26-3/h4-9,12,19H,10-11H2,1-3H3,(H,20,21). The molecule has 0 radical (unpaired) electrons. The molecule has 0 saturated heterocycles. The minimum atomic E-state index is -3.71. The van der Waals surface area contributed by atoms with Gasteiger partial charge < -0.3 is 19.5 Å². The van der Waals surface area contributed by atoms with Crippen molar-refractivity contribution in [2.75, 3.05) is 33.2 Å². The largest absolute Gasteiger partial charge is 0.497 e. The zero-order chi connectivity index (χ0) is 19.9. The Morgan fingerprint density at radius 3 is 2.15 bits per heavy atom. The molecule has 1 amide bonds. The number of carbonyl (C=O) groups is 1. The molecule has 2 aromatic carbocycles. The summed E-state index contributed by atoms with van der Waals surface area (Å²) in [4.78, 5) is 12.2. The third kappa shape index (κ3) is 5.60. The second-order valence-electron chi connectivity index (χ2n) is 5.44. The fraction of sp³-hybridized carbons (Fsp3) is 0.278. The van der Waals surface area contributed by atoms with Crippen LogP contribution in [0.25, 0.3) is 0 Å². The molecular formula is C18H22N2O6S. The highest BCUT2D eigenvalue weighted by atomic mass is 32.2. The van der Waals surface area contributed by atoms with Crippen LogP contribution in [-0.2, 0) is 14.8 Å². The number of carbonyl (C=O) groups excluding carboxylic acids is 1. The fourth-order valence-corrected chi connectivity index (χ4v) is 3.29. The van der Waals surface area contributed by atoms with E-state index in [1.165, 1.54) is 33.5 Å². The summed E-state index contributed by atoms with van der Waals surface area (Å²) in [6.45, 7) is -0.0491. The molecule has 2 rings (SSSR count). The molecule has 0 unspecified atom stereocenters. The van der Waals surface area contributed by atoms with E-state index in [9.17, 15) is 13.2 Å². The van der Waals surface area contributed by atoms with Crippen LogP contribution in [0.2, 0.25) is 0 Å². The molecular weight excluding hydrogens is 372 g/mol. The van der Waals surface area contributed by atoms with Gasteiger partial charge in [-0.3, -0.25) is 4.79 Å². The number of anilines is 1. The molecule has 0 atom stereocenters. The van der Waals surface area contributed by atoms with Gasteiger partial charge in [0.2, 0.25) is 15.9 Å². The van der Waals surface area contributed by atoms with Crippen LogP contribution in [0.4, 0.5) is 5.69 Å². The van der Waals surface area contributed by atoms with Gasteiger partial charge in [-0.2, -0.15) is 0 Å². The number of nitrogens with one attached hydrogen (secondary N) is 2. The lowest BCUT2D eigenvalue weighted by Gasteiger charge is -2.12. The molecule has 2 N–H and O–H groups in total. The molecule has 0 fully saturated rings. The SMILES string of the molecule is COc1ccc(S(=O)(=O)NCCC(=O)Nc2cc(OC)ccc2OC)cc1. The number of ether oxygens (including phenoxy) is 3. The molecule has 27 heavy (non-hydrogen) atoms. The van der Waals surface area contributed by atoms with Crippen molar-refractivity contribution in [1.82, 2.24) is 4.72 Å². The van der Waals surface area contributed by atoms with Crippen molar-refractivity contribution in [3.8, 4) is 17.2 Å². The quantitative estimate of drug-likeness (QED) is 0.675. The summed E-state index contributed by atoms with van der Waals surface area (Å²) in [6.07, 6.45) is -0.0459. The van der Waals surface area contributed by atoms with E-state index in [-0.39, 0.29) is 23.8 Å². The van der Waals surface area contributed by atoms with E-state index < -0.39 is 10.0 Å². The average molecular weight is 394 g/mol. The Hall–Kier alpha value is -2.78. The smallest absolute Gasteiger partial charge is 0.240 e. The van der Waals surface area contributed by atoms with Gasteiger partial charge in [-0.1, -0.05) is 0 Å². The summed E-state index contributed by atoms with van der Waals surface area (Å²) in [5, 5.41) is 2.68. The maximum absolute atomic E-state index is 12.2. The number of methoxy groups -OCH3 is 3. The minimum Gasteiger partial charge on any atom is -0.497 e. The monoisotopic (exact) mass is 394 g/mol. The van der Waals surface area contributed by atoms with Crippen LogP contribution >= 0.6 is 0 Å². The predicted octanol–water partition coefficient (Wildman–Crippen LogP) is 2.02. The summed E-state index contributed by atoms with van der Waals surface area (Å²) in [5.74, 6) is 1.23. The van der Waals surface area contributed by atoms with E-state index in [4.69, 9.17) is 14.2 Å². The molecule has 0 heterocycles. The van der Waals surface area contributed by atoms with Gasteiger partial charge in [0.1, 0.15) is 17.2 Å². The van der Waals surface area contributed by atoms with Gasteiger partial charge in [0.15, 0.2) is 0 Å². The summed E-state index contributed by atoms with van der Waals surface area (Å²) in [7, 11) is 0.792. The van der Waals surface area contributed by atoms with Crippen LogP contribution in [-0.4, -0.2) is 42.2 Å². The summed E-state index contributed by atoms with van der Waals surface area (Å²) in [6, 6.07) is 11.0. The second-order valence-corrected chi connectivity index (χ2v) is 7.20. The van der Waals surface area contributed by atoms with E-state index in [0.717, 1.165) is 0 Å². The molecule has 0 spiro atoms. The third-order valence-corrected chi connectivity index (χ3v) is 5.17. The molecule has 9 heteroatoms. The first kappa shape index (κ1) is 20.5. The van der Waals surface area contributed by atoms with Gasteiger partial charge in [0.05, 0.1) is 31.9 Å². The van der Waals surface area contributed by atoms with Gasteiger partial charge in [0, 0.05) is 19.0 Å². The van der Waals surface area contributed by atoms with Crippen molar-refractivity contribution in [2.45, 2.75) is 11.3 Å². The Labute approximate surface area is 158 Å². The van der Waals surface area contributed by atoms with E-state index in [1.54, 1.807) is 30.3 Å².